The number of rotatable bonds is 3. The highest BCUT2D eigenvalue weighted by Gasteiger charge is 2.38. The largest absolute Gasteiger partial charge is 0.364 e. The van der Waals surface area contributed by atoms with Gasteiger partial charge >= 0.3 is 0 Å². The minimum absolute atomic E-state index is 0.0719. The molecule has 0 aromatic rings. The number of hydrogen-bond acceptors (Lipinski definition) is 4. The van der Waals surface area contributed by atoms with Crippen molar-refractivity contribution >= 4 is 5.91 Å². The van der Waals surface area contributed by atoms with Crippen LogP contribution in [0.3, 0.4) is 0 Å². The van der Waals surface area contributed by atoms with E-state index in [1.807, 2.05) is 0 Å². The third-order valence-corrected chi connectivity index (χ3v) is 5.35. The Labute approximate surface area is 121 Å². The minimum atomic E-state index is -0.275. The molecule has 3 saturated heterocycles. The number of carbonyl (C=O) groups excluding carboxylic acids is 1. The van der Waals surface area contributed by atoms with Gasteiger partial charge in [-0.1, -0.05) is 6.42 Å². The number of hydrogen-bond donors (Lipinski definition) is 2. The lowest BCUT2D eigenvalue weighted by Gasteiger charge is -2.47. The normalized spacial score (nSPS) is 41.6. The van der Waals surface area contributed by atoms with Gasteiger partial charge in [-0.3, -0.25) is 4.79 Å². The zero-order chi connectivity index (χ0) is 14.1. The Morgan fingerprint density at radius 3 is 2.55 bits per heavy atom. The first kappa shape index (κ1) is 14.3. The average molecular weight is 281 g/mol. The van der Waals surface area contributed by atoms with Gasteiger partial charge in [0, 0.05) is 24.7 Å². The van der Waals surface area contributed by atoms with E-state index in [-0.39, 0.29) is 18.1 Å². The fraction of sp³-hybridized carbons (Fsp3) is 0.933. The van der Waals surface area contributed by atoms with Crippen molar-refractivity contribution in [2.75, 3.05) is 13.6 Å². The van der Waals surface area contributed by atoms with Crippen LogP contribution in [0.5, 0.6) is 0 Å². The standard InChI is InChI=1S/C15H27N3O2/c1-18-11-3-2-4-12(18)8-10(7-11)17-15(19)14-6-5-13(9-16)20-14/h10-14H,2-9,16H2,1H3,(H,17,19). The van der Waals surface area contributed by atoms with Crippen molar-refractivity contribution in [1.29, 1.82) is 0 Å². The molecular weight excluding hydrogens is 254 g/mol. The van der Waals surface area contributed by atoms with Crippen molar-refractivity contribution in [3.8, 4) is 0 Å². The number of amides is 1. The predicted molar refractivity (Wildman–Crippen MR) is 77.3 cm³/mol. The number of ether oxygens (including phenoxy) is 1. The lowest BCUT2D eigenvalue weighted by molar-refractivity contribution is -0.133. The van der Waals surface area contributed by atoms with Gasteiger partial charge < -0.3 is 20.7 Å². The molecule has 0 saturated carbocycles. The van der Waals surface area contributed by atoms with Crippen molar-refractivity contribution in [1.82, 2.24) is 10.2 Å². The summed E-state index contributed by atoms with van der Waals surface area (Å²) in [6.07, 6.45) is 7.58. The minimum Gasteiger partial charge on any atom is -0.364 e. The molecule has 2 bridgehead atoms. The SMILES string of the molecule is CN1C2CCCC1CC(NC(=O)C1CCC(CN)O1)C2. The van der Waals surface area contributed by atoms with E-state index in [9.17, 15) is 4.79 Å². The Morgan fingerprint density at radius 1 is 1.25 bits per heavy atom. The van der Waals surface area contributed by atoms with Crippen LogP contribution in [0.4, 0.5) is 0 Å². The third kappa shape index (κ3) is 2.85. The summed E-state index contributed by atoms with van der Waals surface area (Å²) in [5.41, 5.74) is 5.60. The number of nitrogens with two attached hydrogens (primary N) is 1. The van der Waals surface area contributed by atoms with Crippen molar-refractivity contribution < 1.29 is 9.53 Å². The molecule has 0 aromatic heterocycles. The highest BCUT2D eigenvalue weighted by molar-refractivity contribution is 5.81. The molecule has 3 fully saturated rings. The summed E-state index contributed by atoms with van der Waals surface area (Å²) in [4.78, 5) is 14.8. The highest BCUT2D eigenvalue weighted by atomic mass is 16.5. The van der Waals surface area contributed by atoms with Gasteiger partial charge in [0.2, 0.25) is 5.91 Å². The Balaban J connectivity index is 1.52. The Bertz CT molecular complexity index is 349. The number of fused-ring (bicyclic) bond motifs is 2. The highest BCUT2D eigenvalue weighted by Crippen LogP contribution is 2.32. The molecule has 3 aliphatic heterocycles. The molecule has 5 nitrogen and oxygen atoms in total. The fourth-order valence-corrected chi connectivity index (χ4v) is 4.10. The topological polar surface area (TPSA) is 67.6 Å². The van der Waals surface area contributed by atoms with Crippen LogP contribution in [0, 0.1) is 0 Å². The van der Waals surface area contributed by atoms with Crippen molar-refractivity contribution in [3.05, 3.63) is 0 Å². The zero-order valence-corrected chi connectivity index (χ0v) is 12.4. The molecule has 1 amide bonds. The van der Waals surface area contributed by atoms with E-state index >= 15 is 0 Å². The van der Waals surface area contributed by atoms with Gasteiger partial charge in [0.25, 0.3) is 0 Å². The summed E-state index contributed by atoms with van der Waals surface area (Å²) in [6.45, 7) is 0.516. The second-order valence-electron chi connectivity index (χ2n) is 6.64. The van der Waals surface area contributed by atoms with Crippen molar-refractivity contribution in [3.63, 3.8) is 0 Å². The smallest absolute Gasteiger partial charge is 0.249 e. The van der Waals surface area contributed by atoms with Gasteiger partial charge in [0.1, 0.15) is 6.10 Å². The summed E-state index contributed by atoms with van der Waals surface area (Å²) >= 11 is 0. The molecule has 20 heavy (non-hydrogen) atoms. The Morgan fingerprint density at radius 2 is 1.95 bits per heavy atom. The van der Waals surface area contributed by atoms with E-state index in [4.69, 9.17) is 10.5 Å². The monoisotopic (exact) mass is 281 g/mol. The molecule has 3 aliphatic rings. The van der Waals surface area contributed by atoms with Crippen molar-refractivity contribution in [2.24, 2.45) is 5.73 Å². The van der Waals surface area contributed by atoms with Gasteiger partial charge in [0.05, 0.1) is 6.10 Å². The summed E-state index contributed by atoms with van der Waals surface area (Å²) < 4.78 is 5.68. The van der Waals surface area contributed by atoms with Crippen LogP contribution in [0.25, 0.3) is 0 Å². The van der Waals surface area contributed by atoms with E-state index in [0.717, 1.165) is 25.7 Å². The first-order chi connectivity index (χ1) is 9.67. The van der Waals surface area contributed by atoms with Crippen LogP contribution in [-0.4, -0.2) is 54.7 Å². The van der Waals surface area contributed by atoms with Crippen LogP contribution < -0.4 is 11.1 Å². The van der Waals surface area contributed by atoms with Crippen molar-refractivity contribution in [2.45, 2.75) is 75.3 Å². The van der Waals surface area contributed by atoms with Crippen LogP contribution in [0.2, 0.25) is 0 Å². The third-order valence-electron chi connectivity index (χ3n) is 5.35. The van der Waals surface area contributed by atoms with E-state index < -0.39 is 0 Å². The molecule has 3 N–H and O–H groups in total. The number of nitrogens with one attached hydrogen (secondary N) is 1. The first-order valence-corrected chi connectivity index (χ1v) is 8.05. The van der Waals surface area contributed by atoms with E-state index in [1.54, 1.807) is 0 Å². The lowest BCUT2D eigenvalue weighted by Crippen LogP contribution is -2.56. The second kappa shape index (κ2) is 6.00. The molecule has 3 rings (SSSR count). The van der Waals surface area contributed by atoms with E-state index in [1.165, 1.54) is 19.3 Å². The summed E-state index contributed by atoms with van der Waals surface area (Å²) in [7, 11) is 2.23. The predicted octanol–water partition coefficient (Wildman–Crippen LogP) is 0.624. The van der Waals surface area contributed by atoms with Gasteiger partial charge in [-0.2, -0.15) is 0 Å². The number of piperidine rings is 2. The molecule has 0 aliphatic carbocycles. The zero-order valence-electron chi connectivity index (χ0n) is 12.4. The maximum Gasteiger partial charge on any atom is 0.249 e. The fourth-order valence-electron chi connectivity index (χ4n) is 4.10. The molecule has 0 aromatic carbocycles. The van der Waals surface area contributed by atoms with Crippen LogP contribution in [0.15, 0.2) is 0 Å². The lowest BCUT2D eigenvalue weighted by atomic mass is 9.82. The summed E-state index contributed by atoms with van der Waals surface area (Å²) in [6, 6.07) is 1.62. The molecule has 114 valence electrons. The van der Waals surface area contributed by atoms with E-state index in [0.29, 0.717) is 24.7 Å². The molecule has 4 atom stereocenters. The summed E-state index contributed by atoms with van der Waals surface area (Å²) in [5, 5.41) is 3.22. The first-order valence-electron chi connectivity index (χ1n) is 8.05. The summed E-state index contributed by atoms with van der Waals surface area (Å²) in [5.74, 6) is 0.0774. The van der Waals surface area contributed by atoms with E-state index in [2.05, 4.69) is 17.3 Å². The van der Waals surface area contributed by atoms with Crippen LogP contribution in [-0.2, 0) is 9.53 Å². The van der Waals surface area contributed by atoms with Crippen LogP contribution in [0.1, 0.15) is 44.9 Å². The Kier molecular flexibility index (Phi) is 4.29. The quantitative estimate of drug-likeness (QED) is 0.796. The van der Waals surface area contributed by atoms with Crippen LogP contribution >= 0.6 is 0 Å². The maximum atomic E-state index is 12.3. The molecular formula is C15H27N3O2. The van der Waals surface area contributed by atoms with Gasteiger partial charge in [-0.25, -0.2) is 0 Å². The number of carbonyl (C=O) groups is 1. The maximum absolute atomic E-state index is 12.3. The molecule has 5 heteroatoms. The average Bonchev–Trinajstić information content (AvgIpc) is 2.89. The molecule has 4 unspecified atom stereocenters. The van der Waals surface area contributed by atoms with Gasteiger partial charge in [-0.05, 0) is 45.6 Å². The molecule has 0 radical (unpaired) electrons. The molecule has 3 heterocycles. The molecule has 0 spiro atoms. The number of nitrogens with zero attached hydrogens (tertiary/aromatic N) is 1. The van der Waals surface area contributed by atoms with Gasteiger partial charge in [-0.15, -0.1) is 0 Å². The van der Waals surface area contributed by atoms with Gasteiger partial charge in [0.15, 0.2) is 0 Å². The second-order valence-corrected chi connectivity index (χ2v) is 6.64. The Hall–Kier alpha value is -0.650.